The number of rotatable bonds is 2. The number of aromatic nitrogens is 1. The maximum absolute atomic E-state index is 10.4. The molecule has 0 aliphatic carbocycles. The molecule has 0 amide bonds. The van der Waals surface area contributed by atoms with Gasteiger partial charge >= 0.3 is 0 Å². The van der Waals surface area contributed by atoms with Crippen molar-refractivity contribution in [3.05, 3.63) is 35.5 Å². The van der Waals surface area contributed by atoms with Crippen molar-refractivity contribution >= 4 is 28.2 Å². The first-order valence-electron chi connectivity index (χ1n) is 6.51. The molecule has 0 bridgehead atoms. The van der Waals surface area contributed by atoms with Gasteiger partial charge in [-0.15, -0.1) is 0 Å². The molecule has 0 atom stereocenters. The minimum absolute atomic E-state index is 0.270. The summed E-state index contributed by atoms with van der Waals surface area (Å²) in [5.74, 6) is 0.270. The SMILES string of the molecule is CC(C)C1(O)CN(c2ccnc3cc(Cl)ccc23)C1. The van der Waals surface area contributed by atoms with Gasteiger partial charge in [-0.2, -0.15) is 0 Å². The lowest BCUT2D eigenvalue weighted by atomic mass is 9.82. The monoisotopic (exact) mass is 276 g/mol. The summed E-state index contributed by atoms with van der Waals surface area (Å²) in [7, 11) is 0. The highest BCUT2D eigenvalue weighted by molar-refractivity contribution is 6.31. The predicted octanol–water partition coefficient (Wildman–Crippen LogP) is 3.10. The van der Waals surface area contributed by atoms with E-state index in [4.69, 9.17) is 11.6 Å². The van der Waals surface area contributed by atoms with Gasteiger partial charge < -0.3 is 10.0 Å². The zero-order chi connectivity index (χ0) is 13.6. The van der Waals surface area contributed by atoms with Crippen molar-refractivity contribution in [1.82, 2.24) is 4.98 Å². The quantitative estimate of drug-likeness (QED) is 0.916. The Bertz CT molecular complexity index is 621. The fourth-order valence-electron chi connectivity index (χ4n) is 2.53. The van der Waals surface area contributed by atoms with Gasteiger partial charge in [-0.05, 0) is 30.2 Å². The van der Waals surface area contributed by atoms with Gasteiger partial charge in [0.15, 0.2) is 0 Å². The number of hydrogen-bond acceptors (Lipinski definition) is 3. The Morgan fingerprint density at radius 2 is 2.05 bits per heavy atom. The van der Waals surface area contributed by atoms with Gasteiger partial charge in [0, 0.05) is 35.4 Å². The molecule has 3 nitrogen and oxygen atoms in total. The van der Waals surface area contributed by atoms with E-state index in [1.807, 2.05) is 24.3 Å². The van der Waals surface area contributed by atoms with E-state index in [2.05, 4.69) is 23.7 Å². The van der Waals surface area contributed by atoms with Gasteiger partial charge in [-0.25, -0.2) is 0 Å². The molecule has 1 fully saturated rings. The third-order valence-electron chi connectivity index (χ3n) is 4.03. The molecule has 1 saturated heterocycles. The van der Waals surface area contributed by atoms with E-state index in [1.54, 1.807) is 6.20 Å². The van der Waals surface area contributed by atoms with Crippen molar-refractivity contribution in [3.63, 3.8) is 0 Å². The van der Waals surface area contributed by atoms with Gasteiger partial charge in [-0.1, -0.05) is 25.4 Å². The van der Waals surface area contributed by atoms with E-state index >= 15 is 0 Å². The second kappa shape index (κ2) is 4.36. The molecule has 4 heteroatoms. The largest absolute Gasteiger partial charge is 0.386 e. The van der Waals surface area contributed by atoms with Gasteiger partial charge in [-0.3, -0.25) is 4.98 Å². The van der Waals surface area contributed by atoms with Crippen LogP contribution in [0.2, 0.25) is 5.02 Å². The molecule has 1 N–H and O–H groups in total. The fourth-order valence-corrected chi connectivity index (χ4v) is 2.70. The first kappa shape index (κ1) is 12.7. The minimum Gasteiger partial charge on any atom is -0.386 e. The molecule has 0 unspecified atom stereocenters. The Balaban J connectivity index is 1.95. The molecule has 0 spiro atoms. The predicted molar refractivity (Wildman–Crippen MR) is 78.8 cm³/mol. The first-order chi connectivity index (χ1) is 8.99. The number of fused-ring (bicyclic) bond motifs is 1. The number of nitrogens with zero attached hydrogens (tertiary/aromatic N) is 2. The van der Waals surface area contributed by atoms with E-state index in [0.717, 1.165) is 16.6 Å². The van der Waals surface area contributed by atoms with Crippen molar-refractivity contribution in [3.8, 4) is 0 Å². The van der Waals surface area contributed by atoms with Crippen molar-refractivity contribution < 1.29 is 5.11 Å². The topological polar surface area (TPSA) is 36.4 Å². The molecular formula is C15H17ClN2O. The Morgan fingerprint density at radius 3 is 2.74 bits per heavy atom. The van der Waals surface area contributed by atoms with E-state index in [9.17, 15) is 5.11 Å². The van der Waals surface area contributed by atoms with E-state index in [1.165, 1.54) is 0 Å². The highest BCUT2D eigenvalue weighted by Gasteiger charge is 2.44. The highest BCUT2D eigenvalue weighted by atomic mass is 35.5. The Morgan fingerprint density at radius 1 is 1.32 bits per heavy atom. The molecule has 3 rings (SSSR count). The zero-order valence-electron chi connectivity index (χ0n) is 11.1. The summed E-state index contributed by atoms with van der Waals surface area (Å²) in [5, 5.41) is 12.1. The molecule has 1 aliphatic heterocycles. The smallest absolute Gasteiger partial charge is 0.102 e. The van der Waals surface area contributed by atoms with Crippen molar-refractivity contribution in [1.29, 1.82) is 0 Å². The van der Waals surface area contributed by atoms with Crippen molar-refractivity contribution in [2.75, 3.05) is 18.0 Å². The average Bonchev–Trinajstić information content (AvgIpc) is 2.33. The standard InChI is InChI=1S/C15H17ClN2O/c1-10(2)15(19)8-18(9-15)14-5-6-17-13-7-11(16)3-4-12(13)14/h3-7,10,19H,8-9H2,1-2H3. The van der Waals surface area contributed by atoms with Crippen LogP contribution in [0.3, 0.4) is 0 Å². The molecule has 19 heavy (non-hydrogen) atoms. The molecular weight excluding hydrogens is 260 g/mol. The molecule has 0 radical (unpaired) electrons. The minimum atomic E-state index is -0.567. The van der Waals surface area contributed by atoms with Crippen LogP contribution in [-0.2, 0) is 0 Å². The molecule has 2 aromatic rings. The van der Waals surface area contributed by atoms with Crippen molar-refractivity contribution in [2.24, 2.45) is 5.92 Å². The van der Waals surface area contributed by atoms with Crippen LogP contribution < -0.4 is 4.90 Å². The van der Waals surface area contributed by atoms with Gasteiger partial charge in [0.2, 0.25) is 0 Å². The van der Waals surface area contributed by atoms with Crippen LogP contribution in [0.25, 0.3) is 10.9 Å². The summed E-state index contributed by atoms with van der Waals surface area (Å²) < 4.78 is 0. The number of pyridine rings is 1. The van der Waals surface area contributed by atoms with Gasteiger partial charge in [0.1, 0.15) is 5.60 Å². The number of anilines is 1. The third-order valence-corrected chi connectivity index (χ3v) is 4.26. The summed E-state index contributed by atoms with van der Waals surface area (Å²) in [4.78, 5) is 6.53. The molecule has 1 aromatic heterocycles. The maximum atomic E-state index is 10.4. The lowest BCUT2D eigenvalue weighted by molar-refractivity contribution is -0.0299. The van der Waals surface area contributed by atoms with Crippen LogP contribution in [0.1, 0.15) is 13.8 Å². The Kier molecular flexibility index (Phi) is 2.91. The Hall–Kier alpha value is -1.32. The Labute approximate surface area is 117 Å². The number of aliphatic hydroxyl groups is 1. The highest BCUT2D eigenvalue weighted by Crippen LogP contribution is 2.36. The van der Waals surface area contributed by atoms with Crippen LogP contribution in [0.4, 0.5) is 5.69 Å². The normalized spacial score (nSPS) is 17.8. The van der Waals surface area contributed by atoms with Crippen LogP contribution >= 0.6 is 11.6 Å². The van der Waals surface area contributed by atoms with E-state index in [0.29, 0.717) is 18.1 Å². The molecule has 1 aliphatic rings. The summed E-state index contributed by atoms with van der Waals surface area (Å²) in [6.45, 7) is 5.46. The van der Waals surface area contributed by atoms with Crippen LogP contribution in [-0.4, -0.2) is 28.8 Å². The van der Waals surface area contributed by atoms with Crippen LogP contribution in [0, 0.1) is 5.92 Å². The zero-order valence-corrected chi connectivity index (χ0v) is 11.9. The molecule has 100 valence electrons. The average molecular weight is 277 g/mol. The van der Waals surface area contributed by atoms with E-state index in [-0.39, 0.29) is 5.92 Å². The fraction of sp³-hybridized carbons (Fsp3) is 0.400. The lowest BCUT2D eigenvalue weighted by Crippen LogP contribution is -2.64. The molecule has 2 heterocycles. The molecule has 1 aromatic carbocycles. The molecule has 0 saturated carbocycles. The van der Waals surface area contributed by atoms with Crippen LogP contribution in [0.5, 0.6) is 0 Å². The number of halogens is 1. The maximum Gasteiger partial charge on any atom is 0.102 e. The number of β-amino-alcohol motifs (C(OH)–C–C–N with tert-alkyl or cyclic N) is 1. The second-order valence-electron chi connectivity index (χ2n) is 5.61. The first-order valence-corrected chi connectivity index (χ1v) is 6.89. The van der Waals surface area contributed by atoms with E-state index < -0.39 is 5.60 Å². The summed E-state index contributed by atoms with van der Waals surface area (Å²) in [6.07, 6.45) is 1.79. The third kappa shape index (κ3) is 2.07. The number of hydrogen-bond donors (Lipinski definition) is 1. The van der Waals surface area contributed by atoms with Gasteiger partial charge in [0.25, 0.3) is 0 Å². The number of benzene rings is 1. The second-order valence-corrected chi connectivity index (χ2v) is 6.04. The summed E-state index contributed by atoms with van der Waals surface area (Å²) in [6, 6.07) is 7.74. The van der Waals surface area contributed by atoms with Gasteiger partial charge in [0.05, 0.1) is 5.52 Å². The van der Waals surface area contributed by atoms with Crippen LogP contribution in [0.15, 0.2) is 30.5 Å². The summed E-state index contributed by atoms with van der Waals surface area (Å²) >= 11 is 5.99. The van der Waals surface area contributed by atoms with Crippen molar-refractivity contribution in [2.45, 2.75) is 19.4 Å². The lowest BCUT2D eigenvalue weighted by Gasteiger charge is -2.50. The summed E-state index contributed by atoms with van der Waals surface area (Å²) in [5.41, 5.74) is 1.44.